The molecule has 2 saturated heterocycles. The standard InChI is InChI=1S/C15H22N2O/c1-18-15-7-3-2-6-14(15)16-12-8-10-17-9-4-5-13(17)11-12/h2-3,6-7,12-13,16H,4-5,8-11H2,1H3. The quantitative estimate of drug-likeness (QED) is 0.887. The number of methoxy groups -OCH3 is 1. The van der Waals surface area contributed by atoms with Crippen LogP contribution in [0.4, 0.5) is 5.69 Å². The Balaban J connectivity index is 1.66. The van der Waals surface area contributed by atoms with E-state index in [0.29, 0.717) is 6.04 Å². The van der Waals surface area contributed by atoms with Crippen LogP contribution in [0.25, 0.3) is 0 Å². The fourth-order valence-electron chi connectivity index (χ4n) is 3.34. The highest BCUT2D eigenvalue weighted by molar-refractivity contribution is 5.56. The number of para-hydroxylation sites is 2. The monoisotopic (exact) mass is 246 g/mol. The van der Waals surface area contributed by atoms with E-state index >= 15 is 0 Å². The normalized spacial score (nSPS) is 27.8. The summed E-state index contributed by atoms with van der Waals surface area (Å²) in [7, 11) is 1.74. The first-order chi connectivity index (χ1) is 8.86. The Morgan fingerprint density at radius 3 is 3.00 bits per heavy atom. The van der Waals surface area contributed by atoms with Crippen molar-refractivity contribution < 1.29 is 4.74 Å². The number of nitrogens with zero attached hydrogens (tertiary/aromatic N) is 1. The number of piperidine rings is 1. The second-order valence-electron chi connectivity index (χ2n) is 5.40. The summed E-state index contributed by atoms with van der Waals surface area (Å²) in [6.45, 7) is 2.56. The van der Waals surface area contributed by atoms with Crippen molar-refractivity contribution in [3.05, 3.63) is 24.3 Å². The van der Waals surface area contributed by atoms with Crippen LogP contribution in [0.1, 0.15) is 25.7 Å². The fraction of sp³-hybridized carbons (Fsp3) is 0.600. The Morgan fingerprint density at radius 1 is 1.22 bits per heavy atom. The first-order valence-electron chi connectivity index (χ1n) is 7.00. The van der Waals surface area contributed by atoms with Crippen molar-refractivity contribution in [2.45, 2.75) is 37.8 Å². The predicted molar refractivity (Wildman–Crippen MR) is 74.2 cm³/mol. The molecular weight excluding hydrogens is 224 g/mol. The molecule has 0 aliphatic carbocycles. The molecule has 1 aromatic carbocycles. The number of nitrogens with one attached hydrogen (secondary N) is 1. The van der Waals surface area contributed by atoms with Gasteiger partial charge in [0.1, 0.15) is 5.75 Å². The number of fused-ring (bicyclic) bond motifs is 1. The number of anilines is 1. The number of hydrogen-bond acceptors (Lipinski definition) is 3. The summed E-state index contributed by atoms with van der Waals surface area (Å²) in [4.78, 5) is 2.65. The minimum absolute atomic E-state index is 0.598. The lowest BCUT2D eigenvalue weighted by Gasteiger charge is -2.35. The largest absolute Gasteiger partial charge is 0.495 e. The van der Waals surface area contributed by atoms with Crippen molar-refractivity contribution in [1.82, 2.24) is 4.90 Å². The van der Waals surface area contributed by atoms with Crippen molar-refractivity contribution in [1.29, 1.82) is 0 Å². The molecule has 0 saturated carbocycles. The molecule has 2 heterocycles. The van der Waals surface area contributed by atoms with Gasteiger partial charge in [0.15, 0.2) is 0 Å². The maximum atomic E-state index is 5.40. The van der Waals surface area contributed by atoms with Gasteiger partial charge < -0.3 is 15.0 Å². The molecule has 0 spiro atoms. The highest BCUT2D eigenvalue weighted by Crippen LogP contribution is 2.31. The summed E-state index contributed by atoms with van der Waals surface area (Å²) in [6, 6.07) is 9.62. The zero-order chi connectivity index (χ0) is 12.4. The topological polar surface area (TPSA) is 24.5 Å². The van der Waals surface area contributed by atoms with Crippen LogP contribution < -0.4 is 10.1 Å². The van der Waals surface area contributed by atoms with E-state index in [0.717, 1.165) is 17.5 Å². The van der Waals surface area contributed by atoms with Gasteiger partial charge in [0.25, 0.3) is 0 Å². The molecule has 3 rings (SSSR count). The molecule has 0 amide bonds. The van der Waals surface area contributed by atoms with Crippen molar-refractivity contribution in [3.8, 4) is 5.75 Å². The van der Waals surface area contributed by atoms with Crippen LogP contribution in [0.2, 0.25) is 0 Å². The van der Waals surface area contributed by atoms with E-state index in [1.54, 1.807) is 7.11 Å². The molecule has 3 nitrogen and oxygen atoms in total. The summed E-state index contributed by atoms with van der Waals surface area (Å²) < 4.78 is 5.40. The lowest BCUT2D eigenvalue weighted by molar-refractivity contribution is 0.188. The molecule has 2 aliphatic rings. The molecule has 18 heavy (non-hydrogen) atoms. The minimum atomic E-state index is 0.598. The Kier molecular flexibility index (Phi) is 3.41. The van der Waals surface area contributed by atoms with Gasteiger partial charge >= 0.3 is 0 Å². The fourth-order valence-corrected chi connectivity index (χ4v) is 3.34. The van der Waals surface area contributed by atoms with Gasteiger partial charge in [0.2, 0.25) is 0 Å². The van der Waals surface area contributed by atoms with Gasteiger partial charge in [-0.3, -0.25) is 0 Å². The first-order valence-corrected chi connectivity index (χ1v) is 7.00. The van der Waals surface area contributed by atoms with Crippen molar-refractivity contribution in [2.24, 2.45) is 0 Å². The second kappa shape index (κ2) is 5.19. The van der Waals surface area contributed by atoms with E-state index in [1.165, 1.54) is 38.8 Å². The van der Waals surface area contributed by atoms with Gasteiger partial charge in [-0.05, 0) is 44.4 Å². The van der Waals surface area contributed by atoms with E-state index in [-0.39, 0.29) is 0 Å². The lowest BCUT2D eigenvalue weighted by Crippen LogP contribution is -2.42. The van der Waals surface area contributed by atoms with Crippen molar-refractivity contribution in [2.75, 3.05) is 25.5 Å². The van der Waals surface area contributed by atoms with E-state index in [9.17, 15) is 0 Å². The van der Waals surface area contributed by atoms with E-state index < -0.39 is 0 Å². The number of hydrogen-bond donors (Lipinski definition) is 1. The maximum Gasteiger partial charge on any atom is 0.141 e. The summed E-state index contributed by atoms with van der Waals surface area (Å²) in [5.74, 6) is 0.950. The number of ether oxygens (including phenoxy) is 1. The predicted octanol–water partition coefficient (Wildman–Crippen LogP) is 2.73. The summed E-state index contributed by atoms with van der Waals surface area (Å²) in [5, 5.41) is 3.66. The van der Waals surface area contributed by atoms with Gasteiger partial charge in [-0.15, -0.1) is 0 Å². The average molecular weight is 246 g/mol. The van der Waals surface area contributed by atoms with Crippen molar-refractivity contribution in [3.63, 3.8) is 0 Å². The van der Waals surface area contributed by atoms with Gasteiger partial charge in [0, 0.05) is 18.6 Å². The molecule has 0 bridgehead atoms. The zero-order valence-corrected chi connectivity index (χ0v) is 11.1. The molecule has 0 aromatic heterocycles. The van der Waals surface area contributed by atoms with Gasteiger partial charge in [-0.25, -0.2) is 0 Å². The average Bonchev–Trinajstić information content (AvgIpc) is 2.87. The minimum Gasteiger partial charge on any atom is -0.495 e. The molecule has 2 atom stereocenters. The number of benzene rings is 1. The van der Waals surface area contributed by atoms with Crippen LogP contribution in [0.3, 0.4) is 0 Å². The van der Waals surface area contributed by atoms with E-state index in [1.807, 2.05) is 12.1 Å². The van der Waals surface area contributed by atoms with E-state index in [2.05, 4.69) is 22.3 Å². The highest BCUT2D eigenvalue weighted by atomic mass is 16.5. The molecule has 1 N–H and O–H groups in total. The Hall–Kier alpha value is -1.22. The highest BCUT2D eigenvalue weighted by Gasteiger charge is 2.31. The Bertz CT molecular complexity index is 407. The molecule has 2 fully saturated rings. The van der Waals surface area contributed by atoms with Crippen LogP contribution in [0.15, 0.2) is 24.3 Å². The van der Waals surface area contributed by atoms with Crippen molar-refractivity contribution >= 4 is 5.69 Å². The Morgan fingerprint density at radius 2 is 2.11 bits per heavy atom. The van der Waals surface area contributed by atoms with Crippen LogP contribution in [0, 0.1) is 0 Å². The molecule has 0 radical (unpaired) electrons. The van der Waals surface area contributed by atoms with Crippen LogP contribution in [-0.2, 0) is 0 Å². The molecule has 2 unspecified atom stereocenters. The maximum absolute atomic E-state index is 5.40. The zero-order valence-electron chi connectivity index (χ0n) is 11.1. The summed E-state index contributed by atoms with van der Waals surface area (Å²) in [5.41, 5.74) is 1.14. The Labute approximate surface area is 109 Å². The third kappa shape index (κ3) is 2.32. The summed E-state index contributed by atoms with van der Waals surface area (Å²) in [6.07, 6.45) is 5.28. The third-order valence-corrected chi connectivity index (χ3v) is 4.29. The van der Waals surface area contributed by atoms with Crippen LogP contribution in [0.5, 0.6) is 5.75 Å². The van der Waals surface area contributed by atoms with Gasteiger partial charge in [-0.2, -0.15) is 0 Å². The summed E-state index contributed by atoms with van der Waals surface area (Å²) >= 11 is 0. The lowest BCUT2D eigenvalue weighted by atomic mass is 9.97. The first kappa shape index (κ1) is 11.8. The van der Waals surface area contributed by atoms with Crippen LogP contribution in [-0.4, -0.2) is 37.2 Å². The second-order valence-corrected chi connectivity index (χ2v) is 5.40. The smallest absolute Gasteiger partial charge is 0.141 e. The molecule has 3 heteroatoms. The van der Waals surface area contributed by atoms with Crippen LogP contribution >= 0.6 is 0 Å². The number of rotatable bonds is 3. The third-order valence-electron chi connectivity index (χ3n) is 4.29. The molecular formula is C15H22N2O. The SMILES string of the molecule is COc1ccccc1NC1CCN2CCCC2C1. The van der Waals surface area contributed by atoms with E-state index in [4.69, 9.17) is 4.74 Å². The molecule has 98 valence electrons. The molecule has 1 aromatic rings. The van der Waals surface area contributed by atoms with Gasteiger partial charge in [-0.1, -0.05) is 12.1 Å². The van der Waals surface area contributed by atoms with Gasteiger partial charge in [0.05, 0.1) is 12.8 Å². The molecule has 2 aliphatic heterocycles.